The molecule has 0 aliphatic carbocycles. The molecule has 0 fully saturated rings. The minimum absolute atomic E-state index is 0.0133. The van der Waals surface area contributed by atoms with E-state index in [1.54, 1.807) is 25.5 Å². The monoisotopic (exact) mass is 313 g/mol. The highest BCUT2D eigenvalue weighted by Gasteiger charge is 2.22. The molecule has 1 amide bonds. The zero-order chi connectivity index (χ0) is 16.1. The Morgan fingerprint density at radius 1 is 1.35 bits per heavy atom. The van der Waals surface area contributed by atoms with E-state index in [0.29, 0.717) is 11.5 Å². The number of furan rings is 1. The van der Waals surface area contributed by atoms with E-state index < -0.39 is 6.04 Å². The summed E-state index contributed by atoms with van der Waals surface area (Å²) in [6, 6.07) is 10.6. The van der Waals surface area contributed by atoms with Crippen LogP contribution in [0.4, 0.5) is 0 Å². The minimum atomic E-state index is -0.467. The highest BCUT2D eigenvalue weighted by molar-refractivity contribution is 5.76. The maximum atomic E-state index is 12.3. The summed E-state index contributed by atoms with van der Waals surface area (Å²) < 4.78 is 12.2. The first-order valence-corrected chi connectivity index (χ1v) is 6.94. The summed E-state index contributed by atoms with van der Waals surface area (Å²) in [7, 11) is 1.58. The Bertz CT molecular complexity index is 755. The van der Waals surface area contributed by atoms with E-state index in [4.69, 9.17) is 9.15 Å². The molecular formula is C15H15N5O3. The standard InChI is InChI=1S/C15H15N5O3/c1-22-12-6-3-2-5-11(12)15(13-7-4-8-23-13)17-14(21)9-20-10-16-18-19-20/h2-8,10,15H,9H2,1H3,(H,17,21)/t15-/m1/s1. The number of carbonyl (C=O) groups excluding carboxylic acids is 1. The van der Waals surface area contributed by atoms with Crippen LogP contribution in [0.5, 0.6) is 5.75 Å². The number of ether oxygens (including phenoxy) is 1. The lowest BCUT2D eigenvalue weighted by Gasteiger charge is -2.19. The molecule has 1 atom stereocenters. The molecule has 2 aromatic heterocycles. The largest absolute Gasteiger partial charge is 0.496 e. The van der Waals surface area contributed by atoms with Crippen molar-refractivity contribution in [1.29, 1.82) is 0 Å². The maximum Gasteiger partial charge on any atom is 0.242 e. The third-order valence-corrected chi connectivity index (χ3v) is 3.28. The number of tetrazole rings is 1. The smallest absolute Gasteiger partial charge is 0.242 e. The van der Waals surface area contributed by atoms with E-state index >= 15 is 0 Å². The van der Waals surface area contributed by atoms with Gasteiger partial charge in [0.05, 0.1) is 13.4 Å². The van der Waals surface area contributed by atoms with E-state index in [2.05, 4.69) is 20.8 Å². The van der Waals surface area contributed by atoms with E-state index in [9.17, 15) is 4.79 Å². The summed E-state index contributed by atoms with van der Waals surface area (Å²) in [5.41, 5.74) is 0.801. The molecule has 0 saturated carbocycles. The van der Waals surface area contributed by atoms with Crippen molar-refractivity contribution in [2.24, 2.45) is 0 Å². The predicted molar refractivity (Wildman–Crippen MR) is 79.5 cm³/mol. The summed E-state index contributed by atoms with van der Waals surface area (Å²) in [5, 5.41) is 13.6. The molecule has 0 saturated heterocycles. The average molecular weight is 313 g/mol. The van der Waals surface area contributed by atoms with Crippen LogP contribution < -0.4 is 10.1 Å². The van der Waals surface area contributed by atoms with Gasteiger partial charge in [0.25, 0.3) is 0 Å². The van der Waals surface area contributed by atoms with Crippen LogP contribution >= 0.6 is 0 Å². The Morgan fingerprint density at radius 2 is 2.22 bits per heavy atom. The fraction of sp³-hybridized carbons (Fsp3) is 0.200. The number of benzene rings is 1. The van der Waals surface area contributed by atoms with E-state index in [0.717, 1.165) is 5.56 Å². The van der Waals surface area contributed by atoms with Crippen LogP contribution in [0.15, 0.2) is 53.4 Å². The van der Waals surface area contributed by atoms with Crippen LogP contribution in [-0.4, -0.2) is 33.2 Å². The number of methoxy groups -OCH3 is 1. The molecule has 0 spiro atoms. The van der Waals surface area contributed by atoms with Crippen LogP contribution in [0.2, 0.25) is 0 Å². The second kappa shape index (κ2) is 6.73. The second-order valence-corrected chi connectivity index (χ2v) is 4.77. The van der Waals surface area contributed by atoms with Gasteiger partial charge < -0.3 is 14.5 Å². The molecule has 0 bridgehead atoms. The molecule has 0 aliphatic rings. The third kappa shape index (κ3) is 3.37. The number of carbonyl (C=O) groups is 1. The quantitative estimate of drug-likeness (QED) is 0.734. The van der Waals surface area contributed by atoms with Crippen molar-refractivity contribution >= 4 is 5.91 Å². The zero-order valence-electron chi connectivity index (χ0n) is 12.4. The van der Waals surface area contributed by atoms with Crippen molar-refractivity contribution in [1.82, 2.24) is 25.5 Å². The van der Waals surface area contributed by atoms with Crippen LogP contribution in [-0.2, 0) is 11.3 Å². The first-order chi connectivity index (χ1) is 11.3. The van der Waals surface area contributed by atoms with Gasteiger partial charge in [0, 0.05) is 5.56 Å². The van der Waals surface area contributed by atoms with Gasteiger partial charge in [-0.05, 0) is 28.6 Å². The summed E-state index contributed by atoms with van der Waals surface area (Å²) in [6.45, 7) is 0.0133. The van der Waals surface area contributed by atoms with Crippen LogP contribution in [0, 0.1) is 0 Å². The molecule has 8 heteroatoms. The van der Waals surface area contributed by atoms with Crippen LogP contribution in [0.25, 0.3) is 0 Å². The minimum Gasteiger partial charge on any atom is -0.496 e. The van der Waals surface area contributed by atoms with E-state index in [1.807, 2.05) is 24.3 Å². The van der Waals surface area contributed by atoms with Gasteiger partial charge in [0.15, 0.2) is 0 Å². The fourth-order valence-electron chi connectivity index (χ4n) is 2.27. The maximum absolute atomic E-state index is 12.3. The van der Waals surface area contributed by atoms with Gasteiger partial charge in [-0.1, -0.05) is 18.2 Å². The van der Waals surface area contributed by atoms with E-state index in [-0.39, 0.29) is 12.5 Å². The van der Waals surface area contributed by atoms with Crippen molar-refractivity contribution in [2.45, 2.75) is 12.6 Å². The first-order valence-electron chi connectivity index (χ1n) is 6.94. The van der Waals surface area contributed by atoms with Gasteiger partial charge in [0.1, 0.15) is 30.4 Å². The van der Waals surface area contributed by atoms with Crippen molar-refractivity contribution < 1.29 is 13.9 Å². The normalized spacial score (nSPS) is 11.9. The Morgan fingerprint density at radius 3 is 2.91 bits per heavy atom. The molecule has 3 rings (SSSR count). The van der Waals surface area contributed by atoms with Gasteiger partial charge in [-0.3, -0.25) is 4.79 Å². The Hall–Kier alpha value is -3.16. The number of hydrogen-bond acceptors (Lipinski definition) is 6. The Labute approximate surface area is 132 Å². The molecule has 1 aromatic carbocycles. The van der Waals surface area contributed by atoms with Crippen LogP contribution in [0.1, 0.15) is 17.4 Å². The molecule has 23 heavy (non-hydrogen) atoms. The van der Waals surface area contributed by atoms with E-state index in [1.165, 1.54) is 11.0 Å². The molecule has 118 valence electrons. The Balaban J connectivity index is 1.86. The topological polar surface area (TPSA) is 95.1 Å². The van der Waals surface area contributed by atoms with Gasteiger partial charge >= 0.3 is 0 Å². The lowest BCUT2D eigenvalue weighted by atomic mass is 10.0. The van der Waals surface area contributed by atoms with Gasteiger partial charge in [-0.15, -0.1) is 5.10 Å². The van der Waals surface area contributed by atoms with Gasteiger partial charge in [0.2, 0.25) is 5.91 Å². The number of amides is 1. The lowest BCUT2D eigenvalue weighted by molar-refractivity contribution is -0.122. The number of rotatable bonds is 6. The van der Waals surface area contributed by atoms with Gasteiger partial charge in [-0.2, -0.15) is 0 Å². The third-order valence-electron chi connectivity index (χ3n) is 3.28. The highest BCUT2D eigenvalue weighted by Crippen LogP contribution is 2.30. The fourth-order valence-corrected chi connectivity index (χ4v) is 2.27. The zero-order valence-corrected chi connectivity index (χ0v) is 12.4. The average Bonchev–Trinajstić information content (AvgIpc) is 3.26. The molecule has 3 aromatic rings. The van der Waals surface area contributed by atoms with Gasteiger partial charge in [-0.25, -0.2) is 4.68 Å². The van der Waals surface area contributed by atoms with Crippen LogP contribution in [0.3, 0.4) is 0 Å². The predicted octanol–water partition coefficient (Wildman–Crippen LogP) is 1.18. The number of nitrogens with one attached hydrogen (secondary N) is 1. The number of nitrogens with zero attached hydrogens (tertiary/aromatic N) is 4. The highest BCUT2D eigenvalue weighted by atomic mass is 16.5. The molecule has 1 N–H and O–H groups in total. The van der Waals surface area contributed by atoms with Crippen molar-refractivity contribution in [3.63, 3.8) is 0 Å². The number of para-hydroxylation sites is 1. The molecule has 8 nitrogen and oxygen atoms in total. The molecule has 0 unspecified atom stereocenters. The van der Waals surface area contributed by atoms with Crippen molar-refractivity contribution in [3.05, 3.63) is 60.3 Å². The SMILES string of the molecule is COc1ccccc1[C@@H](NC(=O)Cn1cnnn1)c1ccco1. The molecule has 0 aliphatic heterocycles. The summed E-state index contributed by atoms with van der Waals surface area (Å²) >= 11 is 0. The summed E-state index contributed by atoms with van der Waals surface area (Å²) in [6.07, 6.45) is 2.94. The first kappa shape index (κ1) is 14.8. The molecular weight excluding hydrogens is 298 g/mol. The second-order valence-electron chi connectivity index (χ2n) is 4.77. The molecule has 0 radical (unpaired) electrons. The lowest BCUT2D eigenvalue weighted by Crippen LogP contribution is -2.32. The molecule has 2 heterocycles. The van der Waals surface area contributed by atoms with Crippen molar-refractivity contribution in [2.75, 3.05) is 7.11 Å². The van der Waals surface area contributed by atoms with Crippen molar-refractivity contribution in [3.8, 4) is 5.75 Å². The Kier molecular flexibility index (Phi) is 4.32. The summed E-state index contributed by atoms with van der Waals surface area (Å²) in [5.74, 6) is 1.03. The number of aromatic nitrogens is 4. The number of hydrogen-bond donors (Lipinski definition) is 1. The summed E-state index contributed by atoms with van der Waals surface area (Å²) in [4.78, 5) is 12.3.